The summed E-state index contributed by atoms with van der Waals surface area (Å²) < 4.78 is 0. The average Bonchev–Trinajstić information content (AvgIpc) is 3.76. The van der Waals surface area contributed by atoms with Gasteiger partial charge in [-0.1, -0.05) is 135 Å². The number of hydrogen-bond donors (Lipinski definition) is 5. The summed E-state index contributed by atoms with van der Waals surface area (Å²) in [7, 11) is 0. The lowest BCUT2D eigenvalue weighted by Crippen LogP contribution is -2.52. The Morgan fingerprint density at radius 3 is 2.38 bits per heavy atom. The van der Waals surface area contributed by atoms with E-state index < -0.39 is 29.5 Å². The lowest BCUT2D eigenvalue weighted by atomic mass is 9.52. The number of unbranched alkanes of at least 4 members (excludes halogenated alkanes) is 4. The Hall–Kier alpha value is -4.30. The summed E-state index contributed by atoms with van der Waals surface area (Å²) in [6, 6.07) is 23.5. The van der Waals surface area contributed by atoms with E-state index in [-0.39, 0.29) is 29.1 Å². The zero-order valence-electron chi connectivity index (χ0n) is 38.2. The minimum atomic E-state index is -1.84. The van der Waals surface area contributed by atoms with Gasteiger partial charge >= 0.3 is 5.97 Å². The van der Waals surface area contributed by atoms with Gasteiger partial charge in [0.25, 0.3) is 0 Å². The number of aldehydes is 1. The molecular weight excluding hydrogens is 795 g/mol. The van der Waals surface area contributed by atoms with Crippen molar-refractivity contribution in [2.24, 2.45) is 47.2 Å². The van der Waals surface area contributed by atoms with Crippen molar-refractivity contribution in [2.75, 3.05) is 6.54 Å². The third kappa shape index (κ3) is 9.64. The van der Waals surface area contributed by atoms with Gasteiger partial charge in [-0.05, 0) is 159 Å². The lowest BCUT2D eigenvalue weighted by Gasteiger charge is -2.51. The number of benzene rings is 3. The molecule has 3 aromatic carbocycles. The predicted molar refractivity (Wildman–Crippen MR) is 256 cm³/mol. The van der Waals surface area contributed by atoms with Crippen LogP contribution in [0.4, 0.5) is 0 Å². The van der Waals surface area contributed by atoms with Crippen LogP contribution < -0.4 is 16.2 Å². The second-order valence-corrected chi connectivity index (χ2v) is 20.6. The first-order chi connectivity index (χ1) is 31.1. The fraction of sp³-hybridized carbons (Fsp3) is 0.544. The van der Waals surface area contributed by atoms with Crippen molar-refractivity contribution in [3.63, 3.8) is 0 Å². The lowest BCUT2D eigenvalue weighted by molar-refractivity contribution is -0.158. The van der Waals surface area contributed by atoms with E-state index in [0.717, 1.165) is 126 Å². The van der Waals surface area contributed by atoms with Crippen molar-refractivity contribution in [2.45, 2.75) is 146 Å². The summed E-state index contributed by atoms with van der Waals surface area (Å²) in [5, 5.41) is 47.8. The second-order valence-electron chi connectivity index (χ2n) is 20.6. The highest BCUT2D eigenvalue weighted by atomic mass is 16.5. The highest BCUT2D eigenvalue weighted by Gasteiger charge is 2.54. The average molecular weight is 868 g/mol. The molecule has 0 amide bonds. The van der Waals surface area contributed by atoms with E-state index in [2.05, 4.69) is 85.8 Å². The van der Waals surface area contributed by atoms with Crippen LogP contribution in [0.1, 0.15) is 138 Å². The Balaban J connectivity index is 1.17. The Morgan fingerprint density at radius 1 is 0.828 bits per heavy atom. The van der Waals surface area contributed by atoms with E-state index in [0.29, 0.717) is 31.1 Å². The van der Waals surface area contributed by atoms with Gasteiger partial charge in [-0.2, -0.15) is 0 Å². The number of aromatic hydroxyl groups is 1. The molecule has 0 aromatic heterocycles. The molecule has 6 N–H and O–H groups in total. The number of aliphatic hydroxyl groups excluding tert-OH is 1. The fourth-order valence-corrected chi connectivity index (χ4v) is 13.4. The largest absolute Gasteiger partial charge is 0.508 e. The van der Waals surface area contributed by atoms with Crippen LogP contribution in [0.5, 0.6) is 5.75 Å². The Morgan fingerprint density at radius 2 is 1.62 bits per heavy atom. The summed E-state index contributed by atoms with van der Waals surface area (Å²) in [5.41, 5.74) is 11.7. The molecule has 6 aliphatic carbocycles. The van der Waals surface area contributed by atoms with Crippen LogP contribution in [0.25, 0.3) is 12.2 Å². The van der Waals surface area contributed by atoms with Gasteiger partial charge < -0.3 is 31.0 Å². The number of carbonyl (C=O) groups is 2. The summed E-state index contributed by atoms with van der Waals surface area (Å²) in [6.45, 7) is 2.85. The molecule has 342 valence electrons. The SMILES string of the molecule is CCCCCc1cc(C23CCC(=CC(C(O)O)C(C(=O)O)C4(CCC5C=c6ccccc6=CC5C4)c4cccc(c4)C2)CC3CCCCCC(C=O)C2C=C(CCN)CC2)ccc1O. The zero-order valence-corrected chi connectivity index (χ0v) is 38.2. The van der Waals surface area contributed by atoms with Crippen LogP contribution in [0.2, 0.25) is 0 Å². The van der Waals surface area contributed by atoms with Crippen LogP contribution in [0.3, 0.4) is 0 Å². The molecule has 9 atom stereocenters. The molecule has 7 nitrogen and oxygen atoms in total. The molecule has 6 aliphatic rings. The van der Waals surface area contributed by atoms with E-state index in [9.17, 15) is 30.0 Å². The van der Waals surface area contributed by atoms with Crippen LogP contribution in [-0.2, 0) is 33.3 Å². The molecule has 1 spiro atoms. The maximum absolute atomic E-state index is 14.0. The molecule has 9 unspecified atom stereocenters. The van der Waals surface area contributed by atoms with Gasteiger partial charge in [0.05, 0.1) is 5.92 Å². The van der Waals surface area contributed by atoms with Crippen LogP contribution in [0.15, 0.2) is 90.0 Å². The number of rotatable bonds is 17. The van der Waals surface area contributed by atoms with E-state index in [1.165, 1.54) is 33.4 Å². The number of carboxylic acids is 1. The number of carbonyl (C=O) groups excluding carboxylic acids is 1. The minimum absolute atomic E-state index is 0.0341. The molecule has 7 heteroatoms. The highest BCUT2D eigenvalue weighted by molar-refractivity contribution is 5.74. The van der Waals surface area contributed by atoms with Gasteiger partial charge in [-0.25, -0.2) is 0 Å². The molecule has 0 aliphatic heterocycles. The van der Waals surface area contributed by atoms with Gasteiger partial charge in [0, 0.05) is 22.7 Å². The third-order valence-electron chi connectivity index (χ3n) is 16.8. The molecule has 2 fully saturated rings. The normalized spacial score (nSPS) is 29.0. The number of phenols is 1. The van der Waals surface area contributed by atoms with Gasteiger partial charge in [0.1, 0.15) is 12.0 Å². The standard InChI is InChI=1S/C57H73NO6/c1-2-3-5-14-45-34-50(20-21-52(45)60)56-25-22-39(29-48(56)16-7-4-6-15-46(37-59)43-19-18-38(28-43)24-27-58)31-51(54(61)62)53(55(63)64)57(49-17-10-11-40(30-49)35-56)26-23-44-32-41-12-8-9-13-42(41)33-47(44)36-57/h8-13,17,20-21,28,30-34,37,43-44,46-48,51,53-54,60-62H,2-7,14-16,18-19,22-27,29,35-36,58H2,1H3,(H,63,64). The Kier molecular flexibility index (Phi) is 14.8. The van der Waals surface area contributed by atoms with Crippen molar-refractivity contribution in [1.29, 1.82) is 0 Å². The number of nitrogens with two attached hydrogens (primary N) is 1. The van der Waals surface area contributed by atoms with Crippen molar-refractivity contribution in [3.8, 4) is 5.75 Å². The predicted octanol–water partition coefficient (Wildman–Crippen LogP) is 9.35. The summed E-state index contributed by atoms with van der Waals surface area (Å²) >= 11 is 0. The Labute approximate surface area is 381 Å². The molecule has 64 heavy (non-hydrogen) atoms. The van der Waals surface area contributed by atoms with Crippen LogP contribution in [-0.4, -0.2) is 45.5 Å². The molecule has 4 bridgehead atoms. The van der Waals surface area contributed by atoms with Gasteiger partial charge in [-0.3, -0.25) is 4.79 Å². The number of hydrogen-bond acceptors (Lipinski definition) is 6. The molecule has 0 radical (unpaired) electrons. The van der Waals surface area contributed by atoms with E-state index >= 15 is 0 Å². The molecular formula is C57H73NO6. The smallest absolute Gasteiger partial charge is 0.308 e. The van der Waals surface area contributed by atoms with Crippen LogP contribution >= 0.6 is 0 Å². The highest BCUT2D eigenvalue weighted by Crippen LogP contribution is 2.56. The van der Waals surface area contributed by atoms with E-state index in [1.807, 2.05) is 12.1 Å². The third-order valence-corrected chi connectivity index (χ3v) is 16.8. The quantitative estimate of drug-likeness (QED) is 0.0394. The number of phenolic OH excluding ortho intramolecular Hbond substituents is 1. The monoisotopic (exact) mass is 868 g/mol. The maximum Gasteiger partial charge on any atom is 0.308 e. The molecule has 9 rings (SSSR count). The first-order valence-corrected chi connectivity index (χ1v) is 24.9. The van der Waals surface area contributed by atoms with Crippen molar-refractivity contribution < 1.29 is 30.0 Å². The topological polar surface area (TPSA) is 141 Å². The Bertz CT molecular complexity index is 2310. The number of carboxylic acid groups (broad SMARTS) is 1. The number of fused-ring (bicyclic) bond motifs is 6. The summed E-state index contributed by atoms with van der Waals surface area (Å²) in [6.07, 6.45) is 25.4. The number of aliphatic carboxylic acids is 1. The zero-order chi connectivity index (χ0) is 44.8. The van der Waals surface area contributed by atoms with Crippen molar-refractivity contribution >= 4 is 24.4 Å². The maximum atomic E-state index is 14.0. The van der Waals surface area contributed by atoms with Gasteiger partial charge in [0.15, 0.2) is 6.29 Å². The fourth-order valence-electron chi connectivity index (χ4n) is 13.4. The van der Waals surface area contributed by atoms with E-state index in [1.54, 1.807) is 0 Å². The first kappa shape index (κ1) is 46.2. The van der Waals surface area contributed by atoms with Crippen LogP contribution in [0, 0.1) is 41.4 Å². The van der Waals surface area contributed by atoms with Crippen molar-refractivity contribution in [1.82, 2.24) is 0 Å². The van der Waals surface area contributed by atoms with E-state index in [4.69, 9.17) is 5.73 Å². The molecule has 0 saturated heterocycles. The minimum Gasteiger partial charge on any atom is -0.508 e. The van der Waals surface area contributed by atoms with Crippen molar-refractivity contribution in [3.05, 3.63) is 123 Å². The van der Waals surface area contributed by atoms with Gasteiger partial charge in [-0.15, -0.1) is 0 Å². The number of allylic oxidation sites excluding steroid dienone is 2. The first-order valence-electron chi connectivity index (χ1n) is 24.9. The second kappa shape index (κ2) is 20.5. The molecule has 3 aromatic rings. The summed E-state index contributed by atoms with van der Waals surface area (Å²) in [4.78, 5) is 26.3. The number of aryl methyl sites for hydroxylation is 1. The molecule has 2 saturated carbocycles. The van der Waals surface area contributed by atoms with Gasteiger partial charge in [0.2, 0.25) is 0 Å². The number of aliphatic hydroxyl groups is 2. The summed E-state index contributed by atoms with van der Waals surface area (Å²) in [5.74, 6) is -1.72. The molecule has 0 heterocycles.